The van der Waals surface area contributed by atoms with Crippen molar-refractivity contribution in [2.24, 2.45) is 35.5 Å². The smallest absolute Gasteiger partial charge is 0.329 e. The summed E-state index contributed by atoms with van der Waals surface area (Å²) >= 11 is 0. The van der Waals surface area contributed by atoms with Crippen LogP contribution >= 0.6 is 0 Å². The topological polar surface area (TPSA) is 416 Å². The zero-order chi connectivity index (χ0) is 100. The second-order valence-corrected chi connectivity index (χ2v) is 39.9. The molecule has 4 amide bonds. The van der Waals surface area contributed by atoms with Crippen LogP contribution in [0.4, 0.5) is 22.1 Å². The largest absolute Gasteiger partial charge is 0.491 e. The molecule has 1 aliphatic carbocycles. The van der Waals surface area contributed by atoms with Crippen LogP contribution in [-0.2, 0) is 89.5 Å². The van der Waals surface area contributed by atoms with Crippen molar-refractivity contribution in [1.82, 2.24) is 49.8 Å². The van der Waals surface area contributed by atoms with E-state index in [1.807, 2.05) is 117 Å². The van der Waals surface area contributed by atoms with Crippen molar-refractivity contribution in [3.05, 3.63) is 155 Å². The first-order valence-corrected chi connectivity index (χ1v) is 50.7. The van der Waals surface area contributed by atoms with Gasteiger partial charge in [-0.05, 0) is 187 Å². The number of cyclic esters (lactones) is 1. The number of halogens is 1. The van der Waals surface area contributed by atoms with E-state index in [1.165, 1.54) is 37.4 Å². The number of rotatable bonds is 25. The van der Waals surface area contributed by atoms with Gasteiger partial charge in [-0.15, -0.1) is 0 Å². The van der Waals surface area contributed by atoms with Gasteiger partial charge in [0, 0.05) is 192 Å². The molecule has 7 aliphatic rings. The lowest BCUT2D eigenvalue weighted by molar-refractivity contribution is -0.265. The summed E-state index contributed by atoms with van der Waals surface area (Å²) in [6, 6.07) is 10.5. The number of aliphatic hydroxyl groups is 2. The summed E-state index contributed by atoms with van der Waals surface area (Å²) in [5.74, 6) is -7.88. The van der Waals surface area contributed by atoms with Crippen LogP contribution in [0.1, 0.15) is 190 Å². The number of ether oxygens (including phenoxy) is 9. The molecular formula is C103H144FN13O21S. The van der Waals surface area contributed by atoms with Gasteiger partial charge in [0.15, 0.2) is 15.6 Å². The summed E-state index contributed by atoms with van der Waals surface area (Å²) in [5.41, 5.74) is 10.5. The highest BCUT2D eigenvalue weighted by molar-refractivity contribution is 7.91. The number of methoxy groups -OCH3 is 4. The standard InChI is InChI=1S/C68H105N5O16.C35H39FN8O5S/c1-13-86-34-28-59(74)71-30-32-72(33-31-71)67-69-41-51(42-70-67)24-27-60(75)87-54-26-23-50(38-58(54)84-11)37-46(5)57-40-56(83-10)45(4)36-48(7)62(77)63(85-12)61(76)47(6)35-43(2)19-15-14-16-20-44(3)55(82-9)39-52-25-22-49(8)68(81,89-52)64(78)65(79)73-29-18-17-21-53(73)66(80)88-57;1-3-42-11-13-43(14-12-42)35-40-20-27(21-41-35)33(45)38-10-17-50(47,48)30-8-6-28(23(2)32(30)36)34(46)44-15-16-49-29-7-4-24(18-26(29)22-44)25-5-9-31(37)39-19-25/h14-16,19-20,36,41-43,45-47,49-50,52-58,62-63,77,81H,13,17-18,21-35,37-40H2,1-12H3;4-9,18-21H,3,10-17,22H2,1-2H3,(H2,37,39)(H,38,45)/b16-14+,19-15+,44-20+,48-36+;/t43-,45-,46-,47-,49-,50+,52+,53+,54-,55+,56-,57+,58-,62-,63+,68-;/m1./s1. The first kappa shape index (κ1) is 109. The van der Waals surface area contributed by atoms with Crippen molar-refractivity contribution in [3.8, 4) is 16.9 Å². The van der Waals surface area contributed by atoms with Crippen LogP contribution in [0.2, 0.25) is 0 Å². The number of carbonyl (C=O) groups is 8. The molecule has 3 aromatic heterocycles. The molecule has 1 saturated carbocycles. The number of nitrogen functional groups attached to an aromatic ring is 1. The molecule has 6 aliphatic heterocycles. The van der Waals surface area contributed by atoms with Gasteiger partial charge in [-0.3, -0.25) is 33.6 Å². The fraction of sp³-hybridized carbons (Fsp3) is 0.602. The summed E-state index contributed by atoms with van der Waals surface area (Å²) in [4.78, 5) is 143. The maximum Gasteiger partial charge on any atom is 0.329 e. The number of aromatic nitrogens is 5. The number of pyridine rings is 1. The number of piperidine rings is 1. The SMILES string of the molecule is CCN1CCN(c2ncc(C(=O)NCCS(=O)(=O)c3ccc(C(=O)N4CCOc5ccc(-c6ccc(N)nc6)cc5C4)c(C)c3F)cn2)CC1.CCOCCC(=O)N1CCN(c2ncc(CCC(=O)O[C@@H]3CC[C@@H](C[C@@H](C)[C@@H]4C[C@@H](OC)[C@H](C)/C=C(\C)[C@@H](O)[C@@H](OC)C(=O)[C@H](C)C[C@H](C)/C=C/C=C/C=C(\C)[C@@H](OC)C[C@@H]5CC[C@@H](C)[C@@](O)(O5)C(=O)C(=O)N5CCCC[C@H]5C(=O)O4)C[C@H]3OC)cn2)CC1. The van der Waals surface area contributed by atoms with Gasteiger partial charge in [0.05, 0.1) is 55.3 Å². The maximum absolute atomic E-state index is 15.7. The van der Waals surface area contributed by atoms with Gasteiger partial charge in [0.1, 0.15) is 59.3 Å². The first-order chi connectivity index (χ1) is 66.6. The number of Topliss-reactive ketones (excluding diaryl/α,β-unsaturated/α-hetero) is 2. The molecule has 139 heavy (non-hydrogen) atoms. The van der Waals surface area contributed by atoms with Crippen LogP contribution in [0.15, 0.2) is 126 Å². The van der Waals surface area contributed by atoms with Gasteiger partial charge in [-0.2, -0.15) is 0 Å². The summed E-state index contributed by atoms with van der Waals surface area (Å²) in [6.07, 6.45) is 20.4. The number of sulfone groups is 1. The van der Waals surface area contributed by atoms with Crippen molar-refractivity contribution in [2.45, 2.75) is 238 Å². The van der Waals surface area contributed by atoms with Crippen molar-refractivity contribution >= 4 is 74.7 Å². The van der Waals surface area contributed by atoms with E-state index in [1.54, 1.807) is 64.7 Å². The normalized spacial score (nSPS) is 27.5. The Bertz CT molecular complexity index is 5210. The molecule has 9 heterocycles. The van der Waals surface area contributed by atoms with E-state index in [0.717, 1.165) is 66.6 Å². The van der Waals surface area contributed by atoms with Gasteiger partial charge >= 0.3 is 11.9 Å². The fourth-order valence-electron chi connectivity index (χ4n) is 19.4. The van der Waals surface area contributed by atoms with E-state index in [9.17, 15) is 57.0 Å². The van der Waals surface area contributed by atoms with E-state index in [-0.39, 0.29) is 110 Å². The van der Waals surface area contributed by atoms with Crippen LogP contribution < -0.4 is 25.6 Å². The van der Waals surface area contributed by atoms with Crippen molar-refractivity contribution in [3.63, 3.8) is 0 Å². The van der Waals surface area contributed by atoms with E-state index >= 15 is 4.39 Å². The zero-order valence-corrected chi connectivity index (χ0v) is 83.9. The average molecular weight is 1950 g/mol. The lowest BCUT2D eigenvalue weighted by atomic mass is 9.78. The highest BCUT2D eigenvalue weighted by Gasteiger charge is 2.54. The van der Waals surface area contributed by atoms with Crippen molar-refractivity contribution in [2.75, 3.05) is 148 Å². The Kier molecular flexibility index (Phi) is 40.7. The Morgan fingerprint density at radius 3 is 2.08 bits per heavy atom. The first-order valence-electron chi connectivity index (χ1n) is 49.1. The number of aliphatic hydroxyl groups excluding tert-OH is 1. The second kappa shape index (κ2) is 51.8. The number of anilines is 3. The molecule has 12 rings (SSSR count). The molecular weight excluding hydrogens is 1810 g/mol. The molecule has 0 radical (unpaired) electrons. The Labute approximate surface area is 817 Å². The molecule has 0 unspecified atom stereocenters. The molecule has 4 saturated heterocycles. The summed E-state index contributed by atoms with van der Waals surface area (Å²) in [5, 5.41) is 26.4. The number of amides is 4. The number of fused-ring (bicyclic) bond motifs is 4. The number of nitrogens with one attached hydrogen (secondary N) is 1. The molecule has 16 atom stereocenters. The highest BCUT2D eigenvalue weighted by atomic mass is 32.2. The maximum atomic E-state index is 15.7. The number of nitrogens with zero attached hydrogens (tertiary/aromatic N) is 11. The third-order valence-corrected chi connectivity index (χ3v) is 29.8. The molecule has 5 fully saturated rings. The van der Waals surface area contributed by atoms with Gasteiger partial charge in [-0.25, -0.2) is 42.5 Å². The Morgan fingerprint density at radius 1 is 0.712 bits per heavy atom. The lowest BCUT2D eigenvalue weighted by Crippen LogP contribution is -2.61. The number of ketones is 2. The minimum absolute atomic E-state index is 0.0195. The van der Waals surface area contributed by atoms with Crippen LogP contribution in [0, 0.1) is 48.2 Å². The van der Waals surface area contributed by atoms with Crippen LogP contribution in [0.25, 0.3) is 11.1 Å². The number of nitrogens with two attached hydrogens (primary N) is 1. The van der Waals surface area contributed by atoms with E-state index < -0.39 is 128 Å². The predicted molar refractivity (Wildman–Crippen MR) is 521 cm³/mol. The van der Waals surface area contributed by atoms with E-state index in [4.69, 9.17) is 48.4 Å². The average Bonchev–Trinajstić information content (AvgIpc) is 1.73. The summed E-state index contributed by atoms with van der Waals surface area (Å²) in [6.45, 7) is 26.9. The minimum atomic E-state index is -4.16. The number of benzene rings is 2. The Hall–Kier alpha value is -10.4. The minimum Gasteiger partial charge on any atom is -0.491 e. The molecule has 5 aromatic rings. The quantitative estimate of drug-likeness (QED) is 0.0182. The highest BCUT2D eigenvalue weighted by Crippen LogP contribution is 2.41. The number of carbonyl (C=O) groups excluding carboxylic acids is 8. The molecule has 36 heteroatoms. The van der Waals surface area contributed by atoms with Crippen LogP contribution in [-0.4, -0.2) is 303 Å². The van der Waals surface area contributed by atoms with Crippen LogP contribution in [0.5, 0.6) is 5.75 Å². The molecule has 5 N–H and O–H groups in total. The lowest BCUT2D eigenvalue weighted by Gasteiger charge is -2.43. The number of esters is 2. The summed E-state index contributed by atoms with van der Waals surface area (Å²) < 4.78 is 95.9. The molecule has 2 aromatic carbocycles. The van der Waals surface area contributed by atoms with Crippen molar-refractivity contribution in [1.29, 1.82) is 0 Å². The molecule has 2 bridgehead atoms. The Balaban J connectivity index is 0.000000310. The number of allylic oxidation sites excluding steroid dienone is 5. The number of likely N-dealkylation sites (N-methyl/N-ethyl adjacent to an activating group) is 1. The second-order valence-electron chi connectivity index (χ2n) is 37.9. The zero-order valence-electron chi connectivity index (χ0n) is 83.1. The van der Waals surface area contributed by atoms with E-state index in [2.05, 4.69) is 42.1 Å². The van der Waals surface area contributed by atoms with Gasteiger partial charge in [0.2, 0.25) is 23.6 Å². The summed E-state index contributed by atoms with van der Waals surface area (Å²) in [7, 11) is 2.03. The predicted octanol–water partition coefficient (Wildman–Crippen LogP) is 10.6. The van der Waals surface area contributed by atoms with Gasteiger partial charge < -0.3 is 93.3 Å². The van der Waals surface area contributed by atoms with Crippen LogP contribution in [0.3, 0.4) is 0 Å². The molecule has 760 valence electrons. The third kappa shape index (κ3) is 29.2. The Morgan fingerprint density at radius 2 is 1.41 bits per heavy atom. The number of aryl methyl sites for hydroxylation is 1. The number of hydrogen-bond acceptors (Lipinski definition) is 30. The number of hydrogen-bond donors (Lipinski definition) is 4. The van der Waals surface area contributed by atoms with E-state index in [0.29, 0.717) is 145 Å². The van der Waals surface area contributed by atoms with Gasteiger partial charge in [-0.1, -0.05) is 84.1 Å². The number of piperazine rings is 2. The molecule has 0 spiro atoms. The monoisotopic (exact) mass is 1950 g/mol. The fourth-order valence-corrected chi connectivity index (χ4v) is 20.7. The van der Waals surface area contributed by atoms with Crippen molar-refractivity contribution < 1.29 is 104 Å². The molecule has 34 nitrogen and oxygen atoms in total. The van der Waals surface area contributed by atoms with Gasteiger partial charge in [0.25, 0.3) is 23.5 Å². The third-order valence-electron chi connectivity index (χ3n) is 28.1.